The summed E-state index contributed by atoms with van der Waals surface area (Å²) in [6, 6.07) is 13.4. The van der Waals surface area contributed by atoms with E-state index in [2.05, 4.69) is 11.1 Å². The predicted octanol–water partition coefficient (Wildman–Crippen LogP) is 4.53. The summed E-state index contributed by atoms with van der Waals surface area (Å²) in [6.45, 7) is 0. The number of unbranched alkanes of at least 4 members (excludes halogenated alkanes) is 2. The molecular weight excluding hydrogens is 302 g/mol. The second-order valence-electron chi connectivity index (χ2n) is 6.12. The minimum atomic E-state index is -0.899. The van der Waals surface area contributed by atoms with Gasteiger partial charge in [0.25, 0.3) is 0 Å². The monoisotopic (exact) mass is 323 g/mol. The highest BCUT2D eigenvalue weighted by atomic mass is 16.4. The number of carboxylic acids is 1. The quantitative estimate of drug-likeness (QED) is 0.559. The van der Waals surface area contributed by atoms with Gasteiger partial charge in [0.1, 0.15) is 5.75 Å². The van der Waals surface area contributed by atoms with Gasteiger partial charge in [-0.2, -0.15) is 0 Å². The van der Waals surface area contributed by atoms with Crippen LogP contribution in [0.1, 0.15) is 40.7 Å². The number of H-pyrrole nitrogens is 1. The molecule has 0 saturated heterocycles. The molecule has 3 rings (SSSR count). The first-order chi connectivity index (χ1) is 11.6. The Morgan fingerprint density at radius 1 is 0.958 bits per heavy atom. The van der Waals surface area contributed by atoms with E-state index in [0.717, 1.165) is 48.6 Å². The van der Waals surface area contributed by atoms with Crippen LogP contribution in [-0.4, -0.2) is 21.2 Å². The lowest BCUT2D eigenvalue weighted by Gasteiger charge is -2.04. The molecule has 3 aromatic rings. The third-order valence-electron chi connectivity index (χ3n) is 4.32. The van der Waals surface area contributed by atoms with E-state index in [-0.39, 0.29) is 0 Å². The maximum absolute atomic E-state index is 11.2. The van der Waals surface area contributed by atoms with Crippen LogP contribution in [0.15, 0.2) is 48.7 Å². The van der Waals surface area contributed by atoms with Crippen LogP contribution in [0, 0.1) is 0 Å². The van der Waals surface area contributed by atoms with Gasteiger partial charge in [0.15, 0.2) is 0 Å². The fourth-order valence-corrected chi connectivity index (χ4v) is 3.05. The van der Waals surface area contributed by atoms with Crippen molar-refractivity contribution in [3.05, 3.63) is 65.4 Å². The van der Waals surface area contributed by atoms with Crippen LogP contribution < -0.4 is 0 Å². The van der Waals surface area contributed by atoms with E-state index >= 15 is 0 Å². The highest BCUT2D eigenvalue weighted by molar-refractivity contribution is 6.03. The van der Waals surface area contributed by atoms with Gasteiger partial charge in [-0.25, -0.2) is 4.79 Å². The fourth-order valence-electron chi connectivity index (χ4n) is 3.05. The van der Waals surface area contributed by atoms with Gasteiger partial charge < -0.3 is 15.2 Å². The molecule has 0 unspecified atom stereocenters. The SMILES string of the molecule is O=C(O)c1c[nH]c2ccc(CCCCCc3cccc(O)c3)cc12. The number of benzene rings is 2. The van der Waals surface area contributed by atoms with Crippen LogP contribution in [0.4, 0.5) is 0 Å². The first-order valence-corrected chi connectivity index (χ1v) is 8.25. The fraction of sp³-hybridized carbons (Fsp3) is 0.250. The number of aryl methyl sites for hydroxylation is 2. The number of phenols is 1. The molecule has 0 fully saturated rings. The number of nitrogens with one attached hydrogen (secondary N) is 1. The molecule has 24 heavy (non-hydrogen) atoms. The lowest BCUT2D eigenvalue weighted by Crippen LogP contribution is -1.94. The van der Waals surface area contributed by atoms with E-state index < -0.39 is 5.97 Å². The Bertz CT molecular complexity index is 851. The summed E-state index contributed by atoms with van der Waals surface area (Å²) >= 11 is 0. The van der Waals surface area contributed by atoms with Crippen molar-refractivity contribution in [2.75, 3.05) is 0 Å². The first kappa shape index (κ1) is 16.1. The molecule has 0 aliphatic rings. The highest BCUT2D eigenvalue weighted by Crippen LogP contribution is 2.21. The zero-order valence-electron chi connectivity index (χ0n) is 13.5. The number of aromatic nitrogens is 1. The summed E-state index contributed by atoms with van der Waals surface area (Å²) in [7, 11) is 0. The van der Waals surface area contributed by atoms with Gasteiger partial charge in [-0.05, 0) is 61.1 Å². The van der Waals surface area contributed by atoms with Crippen LogP contribution in [-0.2, 0) is 12.8 Å². The second kappa shape index (κ2) is 7.21. The van der Waals surface area contributed by atoms with E-state index in [0.29, 0.717) is 11.3 Å². The van der Waals surface area contributed by atoms with Crippen molar-refractivity contribution in [2.45, 2.75) is 32.1 Å². The molecule has 0 spiro atoms. The molecule has 0 radical (unpaired) electrons. The number of fused-ring (bicyclic) bond motifs is 1. The summed E-state index contributed by atoms with van der Waals surface area (Å²) in [6.07, 6.45) is 6.71. The molecule has 4 nitrogen and oxygen atoms in total. The van der Waals surface area contributed by atoms with Crippen molar-refractivity contribution in [1.29, 1.82) is 0 Å². The molecule has 1 heterocycles. The average Bonchev–Trinajstić information content (AvgIpc) is 2.98. The number of aromatic amines is 1. The van der Waals surface area contributed by atoms with Crippen molar-refractivity contribution in [3.63, 3.8) is 0 Å². The Balaban J connectivity index is 1.52. The molecule has 0 saturated carbocycles. The van der Waals surface area contributed by atoms with E-state index in [1.165, 1.54) is 5.56 Å². The summed E-state index contributed by atoms with van der Waals surface area (Å²) in [5.41, 5.74) is 3.52. The Labute approximate surface area is 140 Å². The third kappa shape index (κ3) is 3.77. The lowest BCUT2D eigenvalue weighted by atomic mass is 10.0. The standard InChI is InChI=1S/C20H21NO3/c22-16-8-4-7-14(11-16)5-2-1-3-6-15-9-10-19-17(12-15)18(13-21-19)20(23)24/h4,7-13,21-22H,1-3,5-6H2,(H,23,24). The molecule has 2 aromatic carbocycles. The number of rotatable bonds is 7. The maximum atomic E-state index is 11.2. The molecule has 0 aliphatic carbocycles. The topological polar surface area (TPSA) is 73.3 Å². The minimum absolute atomic E-state index is 0.321. The third-order valence-corrected chi connectivity index (χ3v) is 4.32. The van der Waals surface area contributed by atoms with Gasteiger partial charge >= 0.3 is 5.97 Å². The Kier molecular flexibility index (Phi) is 4.85. The Hall–Kier alpha value is -2.75. The Morgan fingerprint density at radius 2 is 1.71 bits per heavy atom. The van der Waals surface area contributed by atoms with Crippen molar-refractivity contribution in [3.8, 4) is 5.75 Å². The first-order valence-electron chi connectivity index (χ1n) is 8.25. The number of aromatic carboxylic acids is 1. The van der Waals surface area contributed by atoms with Gasteiger partial charge in [-0.1, -0.05) is 24.6 Å². The lowest BCUT2D eigenvalue weighted by molar-refractivity contribution is 0.0699. The highest BCUT2D eigenvalue weighted by Gasteiger charge is 2.10. The van der Waals surface area contributed by atoms with Crippen LogP contribution in [0.3, 0.4) is 0 Å². The predicted molar refractivity (Wildman–Crippen MR) is 94.6 cm³/mol. The number of aromatic hydroxyl groups is 1. The van der Waals surface area contributed by atoms with Gasteiger partial charge in [-0.3, -0.25) is 0 Å². The zero-order chi connectivity index (χ0) is 16.9. The van der Waals surface area contributed by atoms with Gasteiger partial charge in [0.2, 0.25) is 0 Å². The van der Waals surface area contributed by atoms with E-state index in [1.807, 2.05) is 30.3 Å². The normalized spacial score (nSPS) is 11.0. The summed E-state index contributed by atoms with van der Waals surface area (Å²) in [5, 5.41) is 19.4. The molecule has 0 amide bonds. The maximum Gasteiger partial charge on any atom is 0.337 e. The molecule has 124 valence electrons. The summed E-state index contributed by atoms with van der Waals surface area (Å²) in [5.74, 6) is -0.578. The second-order valence-corrected chi connectivity index (χ2v) is 6.12. The van der Waals surface area contributed by atoms with E-state index in [1.54, 1.807) is 12.3 Å². The smallest absolute Gasteiger partial charge is 0.337 e. The Morgan fingerprint density at radius 3 is 2.42 bits per heavy atom. The number of hydrogen-bond acceptors (Lipinski definition) is 2. The van der Waals surface area contributed by atoms with E-state index in [4.69, 9.17) is 0 Å². The number of carboxylic acid groups (broad SMARTS) is 1. The van der Waals surface area contributed by atoms with Crippen molar-refractivity contribution in [2.24, 2.45) is 0 Å². The molecule has 0 aliphatic heterocycles. The number of phenolic OH excluding ortho intramolecular Hbond substituents is 1. The van der Waals surface area contributed by atoms with Crippen molar-refractivity contribution < 1.29 is 15.0 Å². The van der Waals surface area contributed by atoms with Crippen LogP contribution >= 0.6 is 0 Å². The summed E-state index contributed by atoms with van der Waals surface area (Å²) < 4.78 is 0. The van der Waals surface area contributed by atoms with Gasteiger partial charge in [0, 0.05) is 17.1 Å². The average molecular weight is 323 g/mol. The van der Waals surface area contributed by atoms with Gasteiger partial charge in [-0.15, -0.1) is 0 Å². The number of hydrogen-bond donors (Lipinski definition) is 3. The molecular formula is C20H21NO3. The molecule has 1 aromatic heterocycles. The number of carbonyl (C=O) groups is 1. The summed E-state index contributed by atoms with van der Waals surface area (Å²) in [4.78, 5) is 14.2. The minimum Gasteiger partial charge on any atom is -0.508 e. The van der Waals surface area contributed by atoms with Crippen molar-refractivity contribution in [1.82, 2.24) is 4.98 Å². The zero-order valence-corrected chi connectivity index (χ0v) is 13.5. The van der Waals surface area contributed by atoms with Crippen molar-refractivity contribution >= 4 is 16.9 Å². The van der Waals surface area contributed by atoms with E-state index in [9.17, 15) is 15.0 Å². The van der Waals surface area contributed by atoms with Crippen LogP contribution in [0.25, 0.3) is 10.9 Å². The largest absolute Gasteiger partial charge is 0.508 e. The molecule has 0 atom stereocenters. The molecule has 3 N–H and O–H groups in total. The van der Waals surface area contributed by atoms with Crippen LogP contribution in [0.2, 0.25) is 0 Å². The van der Waals surface area contributed by atoms with Crippen LogP contribution in [0.5, 0.6) is 5.75 Å². The molecule has 4 heteroatoms. The van der Waals surface area contributed by atoms with Gasteiger partial charge in [0.05, 0.1) is 5.56 Å². The molecule has 0 bridgehead atoms.